The van der Waals surface area contributed by atoms with Gasteiger partial charge in [0, 0.05) is 43.5 Å². The highest BCUT2D eigenvalue weighted by Crippen LogP contribution is 2.45. The number of ether oxygens (including phenoxy) is 3. The van der Waals surface area contributed by atoms with Gasteiger partial charge in [-0.05, 0) is 36.5 Å². The van der Waals surface area contributed by atoms with Crippen LogP contribution < -0.4 is 14.9 Å². The number of fused-ring (bicyclic) bond motifs is 3. The van der Waals surface area contributed by atoms with Gasteiger partial charge in [-0.25, -0.2) is 0 Å². The summed E-state index contributed by atoms with van der Waals surface area (Å²) >= 11 is 0. The van der Waals surface area contributed by atoms with E-state index in [0.717, 1.165) is 56.1 Å². The van der Waals surface area contributed by atoms with E-state index in [4.69, 9.17) is 14.2 Å². The van der Waals surface area contributed by atoms with Crippen molar-refractivity contribution < 1.29 is 19.0 Å². The van der Waals surface area contributed by atoms with E-state index in [1.807, 2.05) is 6.07 Å². The number of aromatic nitrogens is 1. The van der Waals surface area contributed by atoms with Crippen LogP contribution in [0.1, 0.15) is 49.7 Å². The molecule has 0 amide bonds. The molecule has 33 heavy (non-hydrogen) atoms. The van der Waals surface area contributed by atoms with Crippen molar-refractivity contribution >= 4 is 5.78 Å². The highest BCUT2D eigenvalue weighted by molar-refractivity contribution is 5.94. The summed E-state index contributed by atoms with van der Waals surface area (Å²) in [5.74, 6) is 1.14. The number of hydrogen-bond acceptors (Lipinski definition) is 6. The molecule has 7 nitrogen and oxygen atoms in total. The average Bonchev–Trinajstić information content (AvgIpc) is 2.77. The van der Waals surface area contributed by atoms with Crippen LogP contribution in [0, 0.1) is 5.41 Å². The van der Waals surface area contributed by atoms with Crippen molar-refractivity contribution in [3.8, 4) is 22.8 Å². The molecule has 0 spiro atoms. The van der Waals surface area contributed by atoms with E-state index in [0.29, 0.717) is 18.1 Å². The van der Waals surface area contributed by atoms with Gasteiger partial charge in [-0.15, -0.1) is 0 Å². The van der Waals surface area contributed by atoms with Gasteiger partial charge in [-0.3, -0.25) is 14.5 Å². The van der Waals surface area contributed by atoms with E-state index in [1.165, 1.54) is 6.92 Å². The van der Waals surface area contributed by atoms with Crippen molar-refractivity contribution in [3.63, 3.8) is 0 Å². The Morgan fingerprint density at radius 2 is 1.88 bits per heavy atom. The lowest BCUT2D eigenvalue weighted by Crippen LogP contribution is -2.38. The minimum absolute atomic E-state index is 0.0765. The van der Waals surface area contributed by atoms with Crippen molar-refractivity contribution in [3.05, 3.63) is 45.7 Å². The predicted molar refractivity (Wildman–Crippen MR) is 128 cm³/mol. The number of Topliss-reactive ketones (excluding diaryl/α,β-unsaturated/α-hetero) is 1. The lowest BCUT2D eigenvalue weighted by atomic mass is 9.78. The van der Waals surface area contributed by atoms with Crippen LogP contribution in [-0.4, -0.2) is 61.8 Å². The molecule has 1 aromatic heterocycles. The van der Waals surface area contributed by atoms with Gasteiger partial charge in [0.25, 0.3) is 0 Å². The number of morpholine rings is 1. The molecule has 1 fully saturated rings. The Labute approximate surface area is 195 Å². The molecule has 2 aliphatic rings. The molecule has 0 N–H and O–H groups in total. The number of benzene rings is 1. The van der Waals surface area contributed by atoms with Crippen molar-refractivity contribution in [1.82, 2.24) is 9.47 Å². The van der Waals surface area contributed by atoms with E-state index in [-0.39, 0.29) is 28.2 Å². The Morgan fingerprint density at radius 1 is 1.15 bits per heavy atom. The summed E-state index contributed by atoms with van der Waals surface area (Å²) in [6.07, 6.45) is 2.51. The van der Waals surface area contributed by atoms with Crippen molar-refractivity contribution in [1.29, 1.82) is 0 Å². The number of pyridine rings is 1. The number of rotatable bonds is 6. The molecule has 0 saturated carbocycles. The predicted octanol–water partition coefficient (Wildman–Crippen LogP) is 3.58. The Bertz CT molecular complexity index is 1090. The van der Waals surface area contributed by atoms with E-state index >= 15 is 0 Å². The summed E-state index contributed by atoms with van der Waals surface area (Å²) < 4.78 is 19.3. The normalized spacial score (nSPS) is 18.4. The lowest BCUT2D eigenvalue weighted by molar-refractivity contribution is 0.0321. The molecule has 0 aliphatic carbocycles. The number of carbonyl (C=O) groups excluding carboxylic acids is 1. The fourth-order valence-corrected chi connectivity index (χ4v) is 4.71. The van der Waals surface area contributed by atoms with Gasteiger partial charge in [-0.2, -0.15) is 0 Å². The van der Waals surface area contributed by atoms with Crippen LogP contribution in [0.3, 0.4) is 0 Å². The van der Waals surface area contributed by atoms with E-state index < -0.39 is 0 Å². The van der Waals surface area contributed by atoms with Crippen LogP contribution in [-0.2, 0) is 11.2 Å². The Morgan fingerprint density at radius 3 is 2.52 bits per heavy atom. The van der Waals surface area contributed by atoms with Gasteiger partial charge in [-0.1, -0.05) is 20.8 Å². The molecule has 1 saturated heterocycles. The Kier molecular flexibility index (Phi) is 6.64. The number of hydrogen-bond donors (Lipinski definition) is 0. The first kappa shape index (κ1) is 23.5. The van der Waals surface area contributed by atoms with Gasteiger partial charge in [0.1, 0.15) is 6.61 Å². The molecule has 0 bridgehead atoms. The molecule has 7 heteroatoms. The number of carbonyl (C=O) groups is 1. The maximum atomic E-state index is 12.7. The fourth-order valence-electron chi connectivity index (χ4n) is 4.71. The number of ketones is 1. The van der Waals surface area contributed by atoms with Gasteiger partial charge in [0.2, 0.25) is 0 Å². The zero-order valence-electron chi connectivity index (χ0n) is 20.3. The maximum Gasteiger partial charge on any atom is 0.192 e. The van der Waals surface area contributed by atoms with Crippen LogP contribution in [0.2, 0.25) is 0 Å². The molecular formula is C26H34N2O5. The summed E-state index contributed by atoms with van der Waals surface area (Å²) in [5.41, 5.74) is 2.77. The first-order valence-electron chi connectivity index (χ1n) is 11.6. The van der Waals surface area contributed by atoms with Gasteiger partial charge >= 0.3 is 0 Å². The molecule has 0 unspecified atom stereocenters. The first-order valence-corrected chi connectivity index (χ1v) is 11.6. The molecule has 0 radical (unpaired) electrons. The van der Waals surface area contributed by atoms with Crippen molar-refractivity contribution in [2.45, 2.75) is 40.2 Å². The standard InChI is InChI=1S/C26H34N2O5/c1-17(29)20-16-28-21(15-22(20)30)19-14-23(31-5)24(12-18(19)13-25(28)26(2,3)4)33-11-8-27-6-9-32-10-7-27/h12,14-16,25H,6-11,13H2,1-5H3/t25-/m0/s1. The van der Waals surface area contributed by atoms with Crippen LogP contribution >= 0.6 is 0 Å². The Balaban J connectivity index is 1.71. The smallest absolute Gasteiger partial charge is 0.192 e. The fraction of sp³-hybridized carbons (Fsp3) is 0.538. The molecule has 1 atom stereocenters. The summed E-state index contributed by atoms with van der Waals surface area (Å²) in [7, 11) is 1.63. The van der Waals surface area contributed by atoms with E-state index in [2.05, 4.69) is 36.3 Å². The first-order chi connectivity index (χ1) is 15.7. The highest BCUT2D eigenvalue weighted by atomic mass is 16.5. The van der Waals surface area contributed by atoms with Gasteiger partial charge in [0.15, 0.2) is 22.7 Å². The minimum Gasteiger partial charge on any atom is -0.493 e. The van der Waals surface area contributed by atoms with Crippen LogP contribution in [0.5, 0.6) is 11.5 Å². The molecule has 2 aliphatic heterocycles. The number of methoxy groups -OCH3 is 1. The zero-order valence-corrected chi connectivity index (χ0v) is 20.3. The average molecular weight is 455 g/mol. The van der Waals surface area contributed by atoms with Crippen molar-refractivity contribution in [2.24, 2.45) is 5.41 Å². The summed E-state index contributed by atoms with van der Waals surface area (Å²) in [6, 6.07) is 5.69. The zero-order chi connectivity index (χ0) is 23.8. The van der Waals surface area contributed by atoms with Crippen molar-refractivity contribution in [2.75, 3.05) is 46.6 Å². The second-order valence-corrected chi connectivity index (χ2v) is 9.95. The maximum absolute atomic E-state index is 12.7. The second-order valence-electron chi connectivity index (χ2n) is 9.95. The quantitative estimate of drug-likeness (QED) is 0.622. The van der Waals surface area contributed by atoms with Crippen LogP contribution in [0.4, 0.5) is 0 Å². The van der Waals surface area contributed by atoms with E-state index in [1.54, 1.807) is 19.4 Å². The summed E-state index contributed by atoms with van der Waals surface area (Å²) in [6.45, 7) is 12.8. The second kappa shape index (κ2) is 9.31. The Hall–Kier alpha value is -2.64. The lowest BCUT2D eigenvalue weighted by Gasteiger charge is -2.39. The van der Waals surface area contributed by atoms with Crippen LogP contribution in [0.15, 0.2) is 29.2 Å². The van der Waals surface area contributed by atoms with Gasteiger partial charge in [0.05, 0.1) is 31.6 Å². The minimum atomic E-state index is -0.251. The summed E-state index contributed by atoms with van der Waals surface area (Å²) in [4.78, 5) is 27.1. The molecular weight excluding hydrogens is 420 g/mol. The number of nitrogens with zero attached hydrogens (tertiary/aromatic N) is 2. The molecule has 2 aromatic rings. The van der Waals surface area contributed by atoms with E-state index in [9.17, 15) is 9.59 Å². The third-order valence-corrected chi connectivity index (χ3v) is 6.64. The molecule has 4 rings (SSSR count). The third kappa shape index (κ3) is 4.84. The monoisotopic (exact) mass is 454 g/mol. The molecule has 1 aromatic carbocycles. The third-order valence-electron chi connectivity index (χ3n) is 6.64. The van der Waals surface area contributed by atoms with Gasteiger partial charge < -0.3 is 18.8 Å². The largest absolute Gasteiger partial charge is 0.493 e. The highest BCUT2D eigenvalue weighted by Gasteiger charge is 2.34. The molecule has 3 heterocycles. The molecule has 178 valence electrons. The topological polar surface area (TPSA) is 70.0 Å². The van der Waals surface area contributed by atoms with Crippen LogP contribution in [0.25, 0.3) is 11.3 Å². The SMILES string of the molecule is COc1cc2c(cc1OCCN1CCOCC1)C[C@@H](C(C)(C)C)n1cc(C(C)=O)c(=O)cc1-2. The summed E-state index contributed by atoms with van der Waals surface area (Å²) in [5, 5.41) is 0.